The molecule has 17 heavy (non-hydrogen) atoms. The molecule has 0 spiro atoms. The summed E-state index contributed by atoms with van der Waals surface area (Å²) < 4.78 is 5.54. The van der Waals surface area contributed by atoms with E-state index in [-0.39, 0.29) is 5.54 Å². The van der Waals surface area contributed by atoms with Gasteiger partial charge < -0.3 is 15.0 Å². The molecule has 2 rings (SSSR count). The fourth-order valence-electron chi connectivity index (χ4n) is 2.28. The Morgan fingerprint density at radius 3 is 2.88 bits per heavy atom. The first-order valence-corrected chi connectivity index (χ1v) is 6.19. The van der Waals surface area contributed by atoms with E-state index in [4.69, 9.17) is 4.74 Å². The summed E-state index contributed by atoms with van der Waals surface area (Å²) in [4.78, 5) is 2.32. The molecule has 0 saturated heterocycles. The van der Waals surface area contributed by atoms with Crippen LogP contribution in [0.5, 0.6) is 5.75 Å². The molecule has 94 valence electrons. The predicted molar refractivity (Wildman–Crippen MR) is 72.0 cm³/mol. The Balaban J connectivity index is 2.22. The third-order valence-corrected chi connectivity index (χ3v) is 3.58. The van der Waals surface area contributed by atoms with E-state index in [0.29, 0.717) is 0 Å². The van der Waals surface area contributed by atoms with E-state index in [0.717, 1.165) is 25.3 Å². The molecule has 1 aliphatic rings. The van der Waals surface area contributed by atoms with Crippen LogP contribution >= 0.6 is 0 Å². The molecular formula is C14H22N2O. The number of nitrogens with one attached hydrogen (secondary N) is 1. The molecule has 0 fully saturated rings. The third kappa shape index (κ3) is 2.39. The van der Waals surface area contributed by atoms with Gasteiger partial charge >= 0.3 is 0 Å². The first kappa shape index (κ1) is 12.2. The van der Waals surface area contributed by atoms with Crippen molar-refractivity contribution in [2.24, 2.45) is 0 Å². The number of rotatable bonds is 4. The topological polar surface area (TPSA) is 24.5 Å². The minimum absolute atomic E-state index is 0.0997. The molecule has 3 heteroatoms. The summed E-state index contributed by atoms with van der Waals surface area (Å²) >= 11 is 0. The van der Waals surface area contributed by atoms with Crippen molar-refractivity contribution in [1.29, 1.82) is 0 Å². The zero-order valence-corrected chi connectivity index (χ0v) is 11.2. The van der Waals surface area contributed by atoms with Gasteiger partial charge in [0.1, 0.15) is 5.75 Å². The van der Waals surface area contributed by atoms with Crippen LogP contribution < -0.4 is 15.0 Å². The average molecular weight is 234 g/mol. The maximum atomic E-state index is 5.54. The fraction of sp³-hybridized carbons (Fsp3) is 0.571. The van der Waals surface area contributed by atoms with Gasteiger partial charge in [0.05, 0.1) is 6.61 Å². The van der Waals surface area contributed by atoms with Crippen molar-refractivity contribution in [2.75, 3.05) is 32.1 Å². The van der Waals surface area contributed by atoms with Crippen LogP contribution in [0.15, 0.2) is 18.2 Å². The molecule has 0 aromatic heterocycles. The molecule has 1 aromatic rings. The number of hydrogen-bond donors (Lipinski definition) is 1. The molecule has 0 bridgehead atoms. The standard InChI is InChI=1S/C14H22N2O/c1-14(2,10-15-3)16(4)12-5-6-13-11(9-12)7-8-17-13/h5-6,9,15H,7-8,10H2,1-4H3. The normalized spacial score (nSPS) is 14.4. The fourth-order valence-corrected chi connectivity index (χ4v) is 2.28. The molecule has 0 atom stereocenters. The van der Waals surface area contributed by atoms with Gasteiger partial charge in [0.15, 0.2) is 0 Å². The molecular weight excluding hydrogens is 212 g/mol. The van der Waals surface area contributed by atoms with E-state index in [1.54, 1.807) is 0 Å². The summed E-state index contributed by atoms with van der Waals surface area (Å²) in [5, 5.41) is 3.24. The number of fused-ring (bicyclic) bond motifs is 1. The number of likely N-dealkylation sites (N-methyl/N-ethyl adjacent to an activating group) is 2. The monoisotopic (exact) mass is 234 g/mol. The van der Waals surface area contributed by atoms with Crippen LogP contribution in [0.2, 0.25) is 0 Å². The van der Waals surface area contributed by atoms with Gasteiger partial charge in [-0.25, -0.2) is 0 Å². The van der Waals surface area contributed by atoms with E-state index in [2.05, 4.69) is 49.3 Å². The SMILES string of the molecule is CNCC(C)(C)N(C)c1ccc2c(c1)CCO2. The average Bonchev–Trinajstić information content (AvgIpc) is 2.74. The molecule has 3 nitrogen and oxygen atoms in total. The number of ether oxygens (including phenoxy) is 1. The highest BCUT2D eigenvalue weighted by Gasteiger charge is 2.24. The van der Waals surface area contributed by atoms with Crippen molar-refractivity contribution in [3.8, 4) is 5.75 Å². The lowest BCUT2D eigenvalue weighted by molar-refractivity contribution is 0.357. The van der Waals surface area contributed by atoms with Crippen LogP contribution in [-0.2, 0) is 6.42 Å². The molecule has 0 radical (unpaired) electrons. The second kappa shape index (κ2) is 4.57. The van der Waals surface area contributed by atoms with Crippen LogP contribution in [0.3, 0.4) is 0 Å². The van der Waals surface area contributed by atoms with Gasteiger partial charge in [0.25, 0.3) is 0 Å². The third-order valence-electron chi connectivity index (χ3n) is 3.58. The molecule has 1 aromatic carbocycles. The van der Waals surface area contributed by atoms with Gasteiger partial charge in [-0.3, -0.25) is 0 Å². The molecule has 0 amide bonds. The van der Waals surface area contributed by atoms with E-state index in [9.17, 15) is 0 Å². The number of nitrogens with zero attached hydrogens (tertiary/aromatic N) is 1. The first-order valence-electron chi connectivity index (χ1n) is 6.19. The van der Waals surface area contributed by atoms with Gasteiger partial charge in [-0.15, -0.1) is 0 Å². The molecule has 1 N–H and O–H groups in total. The Kier molecular flexibility index (Phi) is 3.29. The van der Waals surface area contributed by atoms with E-state index >= 15 is 0 Å². The maximum absolute atomic E-state index is 5.54. The number of benzene rings is 1. The van der Waals surface area contributed by atoms with Crippen molar-refractivity contribution in [1.82, 2.24) is 5.32 Å². The Hall–Kier alpha value is -1.22. The van der Waals surface area contributed by atoms with E-state index in [1.807, 2.05) is 7.05 Å². The summed E-state index contributed by atoms with van der Waals surface area (Å²) in [6.45, 7) is 6.26. The van der Waals surface area contributed by atoms with Gasteiger partial charge in [-0.2, -0.15) is 0 Å². The number of anilines is 1. The first-order chi connectivity index (χ1) is 8.04. The number of hydrogen-bond acceptors (Lipinski definition) is 3. The molecule has 0 saturated carbocycles. The van der Waals surface area contributed by atoms with Crippen LogP contribution in [0.25, 0.3) is 0 Å². The highest BCUT2D eigenvalue weighted by molar-refractivity contribution is 5.55. The highest BCUT2D eigenvalue weighted by atomic mass is 16.5. The van der Waals surface area contributed by atoms with Crippen molar-refractivity contribution < 1.29 is 4.74 Å². The zero-order valence-electron chi connectivity index (χ0n) is 11.2. The lowest BCUT2D eigenvalue weighted by atomic mass is 10.0. The Labute approximate surface area is 104 Å². The molecule has 1 heterocycles. The van der Waals surface area contributed by atoms with Crippen LogP contribution in [-0.4, -0.2) is 32.8 Å². The van der Waals surface area contributed by atoms with Gasteiger partial charge in [0.2, 0.25) is 0 Å². The van der Waals surface area contributed by atoms with Gasteiger partial charge in [-0.05, 0) is 44.7 Å². The predicted octanol–water partition coefficient (Wildman–Crippen LogP) is 2.06. The smallest absolute Gasteiger partial charge is 0.122 e. The Morgan fingerprint density at radius 1 is 1.41 bits per heavy atom. The summed E-state index contributed by atoms with van der Waals surface area (Å²) in [5.74, 6) is 1.05. The molecule has 0 aliphatic carbocycles. The lowest BCUT2D eigenvalue weighted by Gasteiger charge is -2.37. The van der Waals surface area contributed by atoms with Gasteiger partial charge in [0, 0.05) is 31.2 Å². The van der Waals surface area contributed by atoms with Crippen LogP contribution in [0, 0.1) is 0 Å². The Bertz CT molecular complexity index is 401. The maximum Gasteiger partial charge on any atom is 0.122 e. The summed E-state index contributed by atoms with van der Waals surface area (Å²) in [7, 11) is 4.14. The van der Waals surface area contributed by atoms with Crippen molar-refractivity contribution in [3.05, 3.63) is 23.8 Å². The van der Waals surface area contributed by atoms with Gasteiger partial charge in [-0.1, -0.05) is 0 Å². The van der Waals surface area contributed by atoms with Crippen molar-refractivity contribution in [3.63, 3.8) is 0 Å². The van der Waals surface area contributed by atoms with Crippen LogP contribution in [0.4, 0.5) is 5.69 Å². The largest absolute Gasteiger partial charge is 0.493 e. The molecule has 0 unspecified atom stereocenters. The highest BCUT2D eigenvalue weighted by Crippen LogP contribution is 2.31. The zero-order chi connectivity index (χ0) is 12.5. The quantitative estimate of drug-likeness (QED) is 0.863. The van der Waals surface area contributed by atoms with Crippen molar-refractivity contribution >= 4 is 5.69 Å². The second-order valence-corrected chi connectivity index (χ2v) is 5.29. The van der Waals surface area contributed by atoms with Crippen LogP contribution in [0.1, 0.15) is 19.4 Å². The van der Waals surface area contributed by atoms with E-state index < -0.39 is 0 Å². The summed E-state index contributed by atoms with van der Waals surface area (Å²) in [5.41, 5.74) is 2.69. The van der Waals surface area contributed by atoms with E-state index in [1.165, 1.54) is 11.3 Å². The molecule has 1 aliphatic heterocycles. The lowest BCUT2D eigenvalue weighted by Crippen LogP contribution is -2.48. The second-order valence-electron chi connectivity index (χ2n) is 5.29. The minimum atomic E-state index is 0.0997. The van der Waals surface area contributed by atoms with Crippen molar-refractivity contribution in [2.45, 2.75) is 25.8 Å². The Morgan fingerprint density at radius 2 is 2.18 bits per heavy atom. The summed E-state index contributed by atoms with van der Waals surface area (Å²) in [6, 6.07) is 6.48. The summed E-state index contributed by atoms with van der Waals surface area (Å²) in [6.07, 6.45) is 1.03. The minimum Gasteiger partial charge on any atom is -0.493 e.